The van der Waals surface area contributed by atoms with E-state index in [1.807, 2.05) is 60.6 Å². The molecule has 0 unspecified atom stereocenters. The number of nitrogens with zero attached hydrogens (tertiary/aromatic N) is 2. The minimum absolute atomic E-state index is 0.298. The third-order valence-corrected chi connectivity index (χ3v) is 4.21. The lowest BCUT2D eigenvalue weighted by Gasteiger charge is -2.29. The van der Waals surface area contributed by atoms with Gasteiger partial charge in [-0.3, -0.25) is 9.74 Å². The Morgan fingerprint density at radius 1 is 1.06 bits per heavy atom. The van der Waals surface area contributed by atoms with Crippen LogP contribution < -0.4 is 5.73 Å². The van der Waals surface area contributed by atoms with Crippen molar-refractivity contribution in [1.29, 1.82) is 0 Å². The molecule has 7 nitrogen and oxygen atoms in total. The van der Waals surface area contributed by atoms with Gasteiger partial charge in [0.1, 0.15) is 5.60 Å². The molecule has 0 saturated carbocycles. The minimum atomic E-state index is -0.525. The van der Waals surface area contributed by atoms with E-state index in [0.29, 0.717) is 37.0 Å². The Kier molecular flexibility index (Phi) is 13.1. The predicted octanol–water partition coefficient (Wildman–Crippen LogP) is 5.36. The van der Waals surface area contributed by atoms with Crippen molar-refractivity contribution < 1.29 is 19.1 Å². The summed E-state index contributed by atoms with van der Waals surface area (Å²) in [4.78, 5) is 19.1. The first kappa shape index (κ1) is 29.5. The number of amides is 1. The molecule has 0 heterocycles. The highest BCUT2D eigenvalue weighted by Crippen LogP contribution is 2.19. The Hall–Kier alpha value is -1.54. The molecule has 0 bridgehead atoms. The lowest BCUT2D eigenvalue weighted by molar-refractivity contribution is -0.172. The van der Waals surface area contributed by atoms with Gasteiger partial charge in [0, 0.05) is 31.2 Å². The standard InChI is InChI=1S/C21H36ClN3O4.C2H6/c1-20(2,3)29-19(26)24(6)15-25(7)28-11-9-21(4,5)27-10-8-16-12-17(22)14-18(23)13-16;1-2/h12-14H,8-11,15,23H2,1-7H3;1-2H3. The summed E-state index contributed by atoms with van der Waals surface area (Å²) in [5.41, 5.74) is 6.65. The van der Waals surface area contributed by atoms with E-state index in [1.165, 1.54) is 4.90 Å². The molecule has 1 amide bonds. The van der Waals surface area contributed by atoms with Gasteiger partial charge in [0.2, 0.25) is 0 Å². The second-order valence-corrected chi connectivity index (χ2v) is 9.22. The molecule has 0 aliphatic carbocycles. The first-order valence-corrected chi connectivity index (χ1v) is 11.1. The summed E-state index contributed by atoms with van der Waals surface area (Å²) in [6, 6.07) is 5.53. The number of halogens is 1. The lowest BCUT2D eigenvalue weighted by Crippen LogP contribution is -2.40. The maximum Gasteiger partial charge on any atom is 0.411 e. The Labute approximate surface area is 193 Å². The van der Waals surface area contributed by atoms with Gasteiger partial charge in [0.25, 0.3) is 0 Å². The normalized spacial score (nSPS) is 11.7. The van der Waals surface area contributed by atoms with Crippen LogP contribution in [0.3, 0.4) is 0 Å². The fourth-order valence-corrected chi connectivity index (χ4v) is 2.79. The van der Waals surface area contributed by atoms with Crippen LogP contribution in [0.4, 0.5) is 10.5 Å². The fraction of sp³-hybridized carbons (Fsp3) is 0.696. The first-order valence-electron chi connectivity index (χ1n) is 10.7. The number of anilines is 1. The van der Waals surface area contributed by atoms with Crippen LogP contribution in [0.5, 0.6) is 0 Å². The zero-order chi connectivity index (χ0) is 24.2. The number of carbonyl (C=O) groups is 1. The van der Waals surface area contributed by atoms with Gasteiger partial charge in [-0.25, -0.2) is 4.79 Å². The van der Waals surface area contributed by atoms with E-state index in [2.05, 4.69) is 0 Å². The van der Waals surface area contributed by atoms with Crippen LogP contribution in [-0.4, -0.2) is 61.2 Å². The second kappa shape index (κ2) is 13.8. The molecule has 31 heavy (non-hydrogen) atoms. The van der Waals surface area contributed by atoms with E-state index in [0.717, 1.165) is 12.0 Å². The van der Waals surface area contributed by atoms with Crippen molar-refractivity contribution in [2.75, 3.05) is 39.7 Å². The van der Waals surface area contributed by atoms with Crippen molar-refractivity contribution >= 4 is 23.4 Å². The minimum Gasteiger partial charge on any atom is -0.444 e. The number of hydrogen-bond acceptors (Lipinski definition) is 6. The summed E-state index contributed by atoms with van der Waals surface area (Å²) in [6.45, 7) is 14.9. The van der Waals surface area contributed by atoms with Crippen LogP contribution in [0.15, 0.2) is 18.2 Å². The maximum atomic E-state index is 12.0. The summed E-state index contributed by atoms with van der Waals surface area (Å²) < 4.78 is 11.3. The number of benzene rings is 1. The number of rotatable bonds is 10. The number of carbonyl (C=O) groups excluding carboxylic acids is 1. The molecule has 0 atom stereocenters. The van der Waals surface area contributed by atoms with Gasteiger partial charge in [-0.05, 0) is 64.8 Å². The number of nitrogens with two attached hydrogens (primary N) is 1. The van der Waals surface area contributed by atoms with E-state index < -0.39 is 11.7 Å². The van der Waals surface area contributed by atoms with Crippen molar-refractivity contribution in [2.45, 2.75) is 72.5 Å². The summed E-state index contributed by atoms with van der Waals surface area (Å²) in [7, 11) is 3.45. The highest BCUT2D eigenvalue weighted by molar-refractivity contribution is 6.30. The molecular formula is C23H42ClN3O4. The van der Waals surface area contributed by atoms with Crippen molar-refractivity contribution in [3.63, 3.8) is 0 Å². The smallest absolute Gasteiger partial charge is 0.411 e. The van der Waals surface area contributed by atoms with Crippen LogP contribution in [0.1, 0.15) is 60.5 Å². The average molecular weight is 460 g/mol. The largest absolute Gasteiger partial charge is 0.444 e. The van der Waals surface area contributed by atoms with Gasteiger partial charge >= 0.3 is 6.09 Å². The Morgan fingerprint density at radius 2 is 1.68 bits per heavy atom. The van der Waals surface area contributed by atoms with E-state index in [1.54, 1.807) is 25.2 Å². The summed E-state index contributed by atoms with van der Waals surface area (Å²) >= 11 is 6.03. The molecule has 0 aromatic heterocycles. The molecule has 2 N–H and O–H groups in total. The lowest BCUT2D eigenvalue weighted by atomic mass is 10.1. The van der Waals surface area contributed by atoms with Crippen LogP contribution in [0.25, 0.3) is 0 Å². The molecule has 0 aliphatic rings. The summed E-state index contributed by atoms with van der Waals surface area (Å²) in [5.74, 6) is 0. The Balaban J connectivity index is 0.00000436. The molecule has 0 spiro atoms. The SMILES string of the molecule is CC.CN(CN(C)C(=O)OC(C)(C)C)OCCC(C)(C)OCCc1cc(N)cc(Cl)c1. The van der Waals surface area contributed by atoms with Gasteiger partial charge in [-0.2, -0.15) is 5.06 Å². The van der Waals surface area contributed by atoms with E-state index in [9.17, 15) is 4.79 Å². The maximum absolute atomic E-state index is 12.0. The van der Waals surface area contributed by atoms with E-state index in [-0.39, 0.29) is 5.60 Å². The van der Waals surface area contributed by atoms with Crippen LogP contribution in [0, 0.1) is 0 Å². The molecular weight excluding hydrogens is 418 g/mol. The van der Waals surface area contributed by atoms with Crippen molar-refractivity contribution in [3.8, 4) is 0 Å². The van der Waals surface area contributed by atoms with Crippen molar-refractivity contribution in [3.05, 3.63) is 28.8 Å². The van der Waals surface area contributed by atoms with Gasteiger partial charge in [0.15, 0.2) is 0 Å². The monoisotopic (exact) mass is 459 g/mol. The van der Waals surface area contributed by atoms with E-state index >= 15 is 0 Å². The van der Waals surface area contributed by atoms with Crippen LogP contribution in [0.2, 0.25) is 5.02 Å². The molecule has 0 saturated heterocycles. The third-order valence-electron chi connectivity index (χ3n) is 4.00. The molecule has 8 heteroatoms. The van der Waals surface area contributed by atoms with Gasteiger partial charge in [0.05, 0.1) is 25.5 Å². The molecule has 180 valence electrons. The molecule has 1 rings (SSSR count). The Morgan fingerprint density at radius 3 is 2.23 bits per heavy atom. The first-order chi connectivity index (χ1) is 14.3. The summed E-state index contributed by atoms with van der Waals surface area (Å²) in [6.07, 6.45) is 1.04. The van der Waals surface area contributed by atoms with Gasteiger partial charge in [-0.1, -0.05) is 25.4 Å². The summed E-state index contributed by atoms with van der Waals surface area (Å²) in [5, 5.41) is 2.24. The number of hydroxylamine groups is 2. The second-order valence-electron chi connectivity index (χ2n) is 8.78. The molecule has 0 fully saturated rings. The van der Waals surface area contributed by atoms with Crippen LogP contribution >= 0.6 is 11.6 Å². The number of nitrogen functional groups attached to an aromatic ring is 1. The molecule has 1 aromatic carbocycles. The highest BCUT2D eigenvalue weighted by Gasteiger charge is 2.22. The Bertz CT molecular complexity index is 642. The quantitative estimate of drug-likeness (QED) is 0.288. The molecule has 0 aliphatic heterocycles. The fourth-order valence-electron chi connectivity index (χ4n) is 2.52. The number of ether oxygens (including phenoxy) is 2. The van der Waals surface area contributed by atoms with Gasteiger partial charge < -0.3 is 15.2 Å². The topological polar surface area (TPSA) is 77.3 Å². The predicted molar refractivity (Wildman–Crippen MR) is 128 cm³/mol. The zero-order valence-electron chi connectivity index (χ0n) is 20.8. The zero-order valence-corrected chi connectivity index (χ0v) is 21.5. The van der Waals surface area contributed by atoms with Crippen LogP contribution in [-0.2, 0) is 20.7 Å². The molecule has 0 radical (unpaired) electrons. The van der Waals surface area contributed by atoms with E-state index in [4.69, 9.17) is 31.6 Å². The van der Waals surface area contributed by atoms with Gasteiger partial charge in [-0.15, -0.1) is 0 Å². The highest BCUT2D eigenvalue weighted by atomic mass is 35.5. The third kappa shape index (κ3) is 14.2. The van der Waals surface area contributed by atoms with Crippen molar-refractivity contribution in [2.24, 2.45) is 0 Å². The average Bonchev–Trinajstić information content (AvgIpc) is 2.60. The molecule has 1 aromatic rings. The number of hydrogen-bond donors (Lipinski definition) is 1. The van der Waals surface area contributed by atoms with Crippen molar-refractivity contribution in [1.82, 2.24) is 9.96 Å².